The summed E-state index contributed by atoms with van der Waals surface area (Å²) in [6.07, 6.45) is -4.68. The van der Waals surface area contributed by atoms with Crippen LogP contribution in [-0.4, -0.2) is 47.0 Å². The molecule has 0 aliphatic carbocycles. The highest BCUT2D eigenvalue weighted by Crippen LogP contribution is 2.37. The first kappa shape index (κ1) is 20.4. The second kappa shape index (κ2) is 7.61. The summed E-state index contributed by atoms with van der Waals surface area (Å²) in [4.78, 5) is 26.1. The van der Waals surface area contributed by atoms with E-state index in [1.807, 2.05) is 0 Å². The number of rotatable bonds is 3. The lowest BCUT2D eigenvalue weighted by Gasteiger charge is -2.36. The maximum Gasteiger partial charge on any atom is 0.416 e. The van der Waals surface area contributed by atoms with Crippen LogP contribution >= 0.6 is 0 Å². The number of aromatic hydroxyl groups is 1. The highest BCUT2D eigenvalue weighted by molar-refractivity contribution is 5.97. The van der Waals surface area contributed by atoms with Gasteiger partial charge in [0.15, 0.2) is 0 Å². The van der Waals surface area contributed by atoms with Crippen molar-refractivity contribution in [1.82, 2.24) is 4.90 Å². The number of carbonyl (C=O) groups is 1. The Labute approximate surface area is 164 Å². The lowest BCUT2D eigenvalue weighted by Crippen LogP contribution is -2.49. The van der Waals surface area contributed by atoms with Crippen LogP contribution in [0, 0.1) is 17.0 Å². The minimum absolute atomic E-state index is 0.0771. The average molecular weight is 409 g/mol. The molecular weight excluding hydrogens is 391 g/mol. The average Bonchev–Trinajstić information content (AvgIpc) is 2.66. The van der Waals surface area contributed by atoms with Gasteiger partial charge < -0.3 is 14.9 Å². The summed E-state index contributed by atoms with van der Waals surface area (Å²) < 4.78 is 38.6. The van der Waals surface area contributed by atoms with Gasteiger partial charge in [0.2, 0.25) is 0 Å². The van der Waals surface area contributed by atoms with E-state index in [0.717, 1.165) is 17.7 Å². The van der Waals surface area contributed by atoms with Crippen molar-refractivity contribution >= 4 is 17.3 Å². The van der Waals surface area contributed by atoms with Crippen molar-refractivity contribution in [2.45, 2.75) is 13.1 Å². The third-order valence-corrected chi connectivity index (χ3v) is 4.79. The Morgan fingerprint density at radius 1 is 1.10 bits per heavy atom. The van der Waals surface area contributed by atoms with Gasteiger partial charge in [0.05, 0.1) is 16.1 Å². The molecule has 7 nitrogen and oxygen atoms in total. The number of benzene rings is 2. The summed E-state index contributed by atoms with van der Waals surface area (Å²) >= 11 is 0. The highest BCUT2D eigenvalue weighted by Gasteiger charge is 2.34. The van der Waals surface area contributed by atoms with Gasteiger partial charge in [-0.25, -0.2) is 0 Å². The summed E-state index contributed by atoms with van der Waals surface area (Å²) in [6.45, 7) is 2.63. The van der Waals surface area contributed by atoms with Gasteiger partial charge >= 0.3 is 6.18 Å². The molecule has 0 spiro atoms. The molecule has 29 heavy (non-hydrogen) atoms. The van der Waals surface area contributed by atoms with E-state index in [4.69, 9.17) is 0 Å². The molecule has 1 saturated heterocycles. The first-order valence-electron chi connectivity index (χ1n) is 8.77. The summed E-state index contributed by atoms with van der Waals surface area (Å²) in [5.41, 5.74) is -0.677. The second-order valence-electron chi connectivity index (χ2n) is 6.76. The SMILES string of the molecule is Cc1ccc(C(=O)N2CCN(c3ccc(C(F)(F)F)cc3[N+](=O)[O-])CC2)c(O)c1. The molecule has 0 atom stereocenters. The van der Waals surface area contributed by atoms with Crippen molar-refractivity contribution in [1.29, 1.82) is 0 Å². The van der Waals surface area contributed by atoms with Crippen molar-refractivity contribution in [3.05, 3.63) is 63.2 Å². The number of amides is 1. The van der Waals surface area contributed by atoms with Crippen LogP contribution in [0.25, 0.3) is 0 Å². The van der Waals surface area contributed by atoms with Crippen LogP contribution in [0.5, 0.6) is 5.75 Å². The number of hydrogen-bond acceptors (Lipinski definition) is 5. The first-order valence-corrected chi connectivity index (χ1v) is 8.77. The van der Waals surface area contributed by atoms with E-state index in [2.05, 4.69) is 0 Å². The first-order chi connectivity index (χ1) is 13.6. The number of nitro groups is 1. The monoisotopic (exact) mass is 409 g/mol. The molecular formula is C19H18F3N3O4. The molecule has 1 N–H and O–H groups in total. The number of anilines is 1. The van der Waals surface area contributed by atoms with Gasteiger partial charge in [-0.05, 0) is 36.8 Å². The zero-order valence-electron chi connectivity index (χ0n) is 15.4. The Morgan fingerprint density at radius 2 is 1.76 bits per heavy atom. The molecule has 0 saturated carbocycles. The number of phenolic OH excluding ortho intramolecular Hbond substituents is 1. The van der Waals surface area contributed by atoms with Gasteiger partial charge in [-0.3, -0.25) is 14.9 Å². The van der Waals surface area contributed by atoms with Gasteiger partial charge in [0.25, 0.3) is 11.6 Å². The zero-order valence-corrected chi connectivity index (χ0v) is 15.4. The quantitative estimate of drug-likeness (QED) is 0.619. The number of piperazine rings is 1. The van der Waals surface area contributed by atoms with Crippen molar-refractivity contribution in [3.63, 3.8) is 0 Å². The summed E-state index contributed by atoms with van der Waals surface area (Å²) in [7, 11) is 0. The van der Waals surface area contributed by atoms with Crippen LogP contribution in [0.2, 0.25) is 0 Å². The second-order valence-corrected chi connectivity index (χ2v) is 6.76. The number of aryl methyl sites for hydroxylation is 1. The standard InChI is InChI=1S/C19H18F3N3O4/c1-12-2-4-14(17(26)10-12)18(27)24-8-6-23(7-9-24)15-5-3-13(19(20,21)22)11-16(15)25(28)29/h2-5,10-11,26H,6-9H2,1H3. The number of nitro benzene ring substituents is 1. The molecule has 1 heterocycles. The summed E-state index contributed by atoms with van der Waals surface area (Å²) in [5.74, 6) is -0.500. The van der Waals surface area contributed by atoms with Crippen molar-refractivity contribution in [2.75, 3.05) is 31.1 Å². The van der Waals surface area contributed by atoms with Crippen molar-refractivity contribution in [3.8, 4) is 5.75 Å². The van der Waals surface area contributed by atoms with Gasteiger partial charge in [-0.1, -0.05) is 6.07 Å². The molecule has 1 amide bonds. The molecule has 1 aliphatic rings. The number of nitrogens with zero attached hydrogens (tertiary/aromatic N) is 3. The third kappa shape index (κ3) is 4.25. The lowest BCUT2D eigenvalue weighted by molar-refractivity contribution is -0.384. The van der Waals surface area contributed by atoms with E-state index in [1.165, 1.54) is 17.0 Å². The van der Waals surface area contributed by atoms with Crippen LogP contribution in [0.3, 0.4) is 0 Å². The van der Waals surface area contributed by atoms with Gasteiger partial charge in [-0.2, -0.15) is 13.2 Å². The summed E-state index contributed by atoms with van der Waals surface area (Å²) in [5, 5.41) is 21.3. The van der Waals surface area contributed by atoms with Crippen LogP contribution in [0.1, 0.15) is 21.5 Å². The number of alkyl halides is 3. The predicted molar refractivity (Wildman–Crippen MR) is 99.1 cm³/mol. The maximum absolute atomic E-state index is 12.9. The maximum atomic E-state index is 12.9. The molecule has 10 heteroatoms. The Kier molecular flexibility index (Phi) is 5.36. The molecule has 0 bridgehead atoms. The van der Waals surface area contributed by atoms with Crippen LogP contribution in [0.4, 0.5) is 24.5 Å². The lowest BCUT2D eigenvalue weighted by atomic mass is 10.1. The molecule has 1 aliphatic heterocycles. The number of carbonyl (C=O) groups excluding carboxylic acids is 1. The smallest absolute Gasteiger partial charge is 0.416 e. The predicted octanol–water partition coefficient (Wildman–Crippen LogP) is 3.59. The number of phenols is 1. The highest BCUT2D eigenvalue weighted by atomic mass is 19.4. The Morgan fingerprint density at radius 3 is 2.31 bits per heavy atom. The van der Waals surface area contributed by atoms with Gasteiger partial charge in [0, 0.05) is 32.2 Å². The van der Waals surface area contributed by atoms with Gasteiger partial charge in [-0.15, -0.1) is 0 Å². The molecule has 0 unspecified atom stereocenters. The normalized spacial score (nSPS) is 14.8. The fourth-order valence-corrected chi connectivity index (χ4v) is 3.26. The van der Waals surface area contributed by atoms with Crippen LogP contribution in [0.15, 0.2) is 36.4 Å². The largest absolute Gasteiger partial charge is 0.507 e. The minimum Gasteiger partial charge on any atom is -0.507 e. The molecule has 3 rings (SSSR count). The van der Waals surface area contributed by atoms with Crippen molar-refractivity contribution in [2.24, 2.45) is 0 Å². The molecule has 1 fully saturated rings. The minimum atomic E-state index is -4.68. The molecule has 2 aromatic carbocycles. The fraction of sp³-hybridized carbons (Fsp3) is 0.316. The summed E-state index contributed by atoms with van der Waals surface area (Å²) in [6, 6.07) is 7.13. The Balaban J connectivity index is 1.77. The molecule has 0 radical (unpaired) electrons. The van der Waals surface area contributed by atoms with Crippen molar-refractivity contribution < 1.29 is 28.0 Å². The van der Waals surface area contributed by atoms with E-state index >= 15 is 0 Å². The van der Waals surface area contributed by atoms with Crippen LogP contribution in [-0.2, 0) is 6.18 Å². The zero-order chi connectivity index (χ0) is 21.3. The van der Waals surface area contributed by atoms with E-state index in [1.54, 1.807) is 17.9 Å². The number of halogens is 3. The van der Waals surface area contributed by atoms with E-state index in [0.29, 0.717) is 6.07 Å². The van der Waals surface area contributed by atoms with E-state index in [-0.39, 0.29) is 49.1 Å². The van der Waals surface area contributed by atoms with E-state index < -0.39 is 22.4 Å². The van der Waals surface area contributed by atoms with Gasteiger partial charge in [0.1, 0.15) is 11.4 Å². The Bertz CT molecular complexity index is 954. The van der Waals surface area contributed by atoms with Crippen LogP contribution < -0.4 is 4.90 Å². The number of hydrogen-bond donors (Lipinski definition) is 1. The molecule has 2 aromatic rings. The molecule has 0 aromatic heterocycles. The third-order valence-electron chi connectivity index (χ3n) is 4.79. The fourth-order valence-electron chi connectivity index (χ4n) is 3.26. The van der Waals surface area contributed by atoms with E-state index in [9.17, 15) is 33.2 Å². The molecule has 154 valence electrons. The topological polar surface area (TPSA) is 86.9 Å². The Hall–Kier alpha value is -3.30.